The Hall–Kier alpha value is -1.58. The fourth-order valence-electron chi connectivity index (χ4n) is 3.61. The van der Waals surface area contributed by atoms with E-state index in [1.54, 1.807) is 0 Å². The summed E-state index contributed by atoms with van der Waals surface area (Å²) in [6, 6.07) is 0. The van der Waals surface area contributed by atoms with Gasteiger partial charge in [0.1, 0.15) is 6.29 Å². The Morgan fingerprint density at radius 2 is 1.68 bits per heavy atom. The third-order valence-electron chi connectivity index (χ3n) is 4.98. The van der Waals surface area contributed by atoms with Crippen molar-refractivity contribution in [3.63, 3.8) is 0 Å². The van der Waals surface area contributed by atoms with Crippen LogP contribution in [0.5, 0.6) is 0 Å². The van der Waals surface area contributed by atoms with Gasteiger partial charge in [0.15, 0.2) is 0 Å². The van der Waals surface area contributed by atoms with Gasteiger partial charge in [-0.1, -0.05) is 70.8 Å². The van der Waals surface area contributed by atoms with Gasteiger partial charge in [-0.3, -0.25) is 0 Å². The summed E-state index contributed by atoms with van der Waals surface area (Å²) < 4.78 is 0. The molecule has 2 N–H and O–H groups in total. The molecule has 4 nitrogen and oxygen atoms in total. The van der Waals surface area contributed by atoms with E-state index in [0.717, 1.165) is 37.4 Å². The van der Waals surface area contributed by atoms with Crippen molar-refractivity contribution in [3.05, 3.63) is 24.3 Å². The highest BCUT2D eigenvalue weighted by Crippen LogP contribution is 2.37. The van der Waals surface area contributed by atoms with Crippen LogP contribution in [0.2, 0.25) is 0 Å². The molecule has 1 unspecified atom stereocenters. The zero-order valence-electron chi connectivity index (χ0n) is 18.5. The van der Waals surface area contributed by atoms with Crippen LogP contribution in [0.1, 0.15) is 104 Å². The zero-order chi connectivity index (χ0) is 21.6. The predicted octanol–water partition coefficient (Wildman–Crippen LogP) is 7.88. The minimum absolute atomic E-state index is 0.708. The number of allylic oxidation sites excluding steroid dienone is 3. The van der Waals surface area contributed by atoms with Gasteiger partial charge < -0.3 is 15.0 Å². The molecule has 1 aliphatic rings. The molecule has 0 bridgehead atoms. The summed E-state index contributed by atoms with van der Waals surface area (Å²) in [5, 5.41) is 13.9. The Labute approximate surface area is 173 Å². The Morgan fingerprint density at radius 1 is 1.04 bits per heavy atom. The third kappa shape index (κ3) is 19.2. The lowest BCUT2D eigenvalue weighted by atomic mass is 9.88. The largest absolute Gasteiger partial charge is 0.503 e. The van der Waals surface area contributed by atoms with Crippen LogP contribution in [-0.2, 0) is 4.79 Å². The summed E-state index contributed by atoms with van der Waals surface area (Å²) in [6.45, 7) is 10.5. The molecule has 4 heteroatoms. The van der Waals surface area contributed by atoms with Gasteiger partial charge in [-0.15, -0.1) is 0 Å². The van der Waals surface area contributed by atoms with Gasteiger partial charge in [-0.05, 0) is 63.2 Å². The average Bonchev–Trinajstić information content (AvgIpc) is 3.10. The standard InChI is InChI=1S/C21H36O.C2H6.CH2O3/c1-3-4-5-6-7-10-14-20-15-12-16-21(20)18-19(2)13-9-8-11-17-22;1-2;2-1(3)4/h10,14,17,20-21H,2-9,11-13,15-16,18H2,1H3;1-2H3;(H2,2,3,4)/b14-10+;;/t20?,21-;;/m1../s1. The van der Waals surface area contributed by atoms with Crippen molar-refractivity contribution in [3.8, 4) is 0 Å². The van der Waals surface area contributed by atoms with E-state index in [0.29, 0.717) is 6.42 Å². The number of aldehydes is 1. The first-order valence-corrected chi connectivity index (χ1v) is 11.2. The maximum Gasteiger partial charge on any atom is 0.503 e. The van der Waals surface area contributed by atoms with Crippen molar-refractivity contribution < 1.29 is 19.8 Å². The molecule has 1 saturated carbocycles. The van der Waals surface area contributed by atoms with E-state index < -0.39 is 6.16 Å². The monoisotopic (exact) mass is 396 g/mol. The molecule has 0 aromatic carbocycles. The molecule has 164 valence electrons. The van der Waals surface area contributed by atoms with E-state index in [2.05, 4.69) is 25.7 Å². The first-order chi connectivity index (χ1) is 13.5. The van der Waals surface area contributed by atoms with Gasteiger partial charge in [0.05, 0.1) is 0 Å². The highest BCUT2D eigenvalue weighted by atomic mass is 16.6. The van der Waals surface area contributed by atoms with E-state index in [-0.39, 0.29) is 0 Å². The van der Waals surface area contributed by atoms with Gasteiger partial charge in [0.25, 0.3) is 0 Å². The summed E-state index contributed by atoms with van der Waals surface area (Å²) in [7, 11) is 0. The van der Waals surface area contributed by atoms with Crippen LogP contribution >= 0.6 is 0 Å². The van der Waals surface area contributed by atoms with Crippen LogP contribution in [-0.4, -0.2) is 22.7 Å². The first kappa shape index (κ1) is 28.6. The molecule has 1 aliphatic carbocycles. The van der Waals surface area contributed by atoms with E-state index in [4.69, 9.17) is 15.0 Å². The topological polar surface area (TPSA) is 74.6 Å². The Balaban J connectivity index is 0. The number of unbranched alkanes of at least 4 members (excludes halogenated alkanes) is 6. The third-order valence-corrected chi connectivity index (χ3v) is 4.98. The van der Waals surface area contributed by atoms with Crippen LogP contribution in [0.3, 0.4) is 0 Å². The first-order valence-electron chi connectivity index (χ1n) is 11.2. The van der Waals surface area contributed by atoms with Gasteiger partial charge >= 0.3 is 6.16 Å². The van der Waals surface area contributed by atoms with Gasteiger partial charge in [-0.25, -0.2) is 4.79 Å². The van der Waals surface area contributed by atoms with Gasteiger partial charge in [-0.2, -0.15) is 0 Å². The molecule has 0 aliphatic heterocycles. The highest BCUT2D eigenvalue weighted by Gasteiger charge is 2.25. The summed E-state index contributed by atoms with van der Waals surface area (Å²) in [6.07, 6.45) is 20.1. The molecule has 0 radical (unpaired) electrons. The minimum atomic E-state index is -1.83. The molecule has 0 saturated heterocycles. The van der Waals surface area contributed by atoms with E-state index in [1.807, 2.05) is 13.8 Å². The quantitative estimate of drug-likeness (QED) is 0.188. The molecular weight excluding hydrogens is 352 g/mol. The van der Waals surface area contributed by atoms with Crippen molar-refractivity contribution >= 4 is 12.4 Å². The lowest BCUT2D eigenvalue weighted by Gasteiger charge is -2.17. The number of carboxylic acid groups (broad SMARTS) is 2. The fraction of sp³-hybridized carbons (Fsp3) is 0.750. The second kappa shape index (κ2) is 21.7. The smallest absolute Gasteiger partial charge is 0.450 e. The van der Waals surface area contributed by atoms with E-state index >= 15 is 0 Å². The molecule has 0 heterocycles. The van der Waals surface area contributed by atoms with Crippen LogP contribution in [0.25, 0.3) is 0 Å². The second-order valence-corrected chi connectivity index (χ2v) is 7.28. The van der Waals surface area contributed by atoms with Gasteiger partial charge in [0, 0.05) is 6.42 Å². The fourth-order valence-corrected chi connectivity index (χ4v) is 3.61. The molecule has 28 heavy (non-hydrogen) atoms. The molecular formula is C24H44O4. The summed E-state index contributed by atoms with van der Waals surface area (Å²) in [5.74, 6) is 1.61. The molecule has 0 amide bonds. The molecule has 0 aromatic rings. The van der Waals surface area contributed by atoms with E-state index in [1.165, 1.54) is 63.4 Å². The SMILES string of the molecule is C=C(CCCCC=O)C[C@H]1CCCC1/C=C/CCCCCC.CC.O=C(O)O. The normalized spacial score (nSPS) is 18.0. The van der Waals surface area contributed by atoms with Crippen molar-refractivity contribution in [2.75, 3.05) is 0 Å². The van der Waals surface area contributed by atoms with Crippen molar-refractivity contribution in [2.24, 2.45) is 11.8 Å². The summed E-state index contributed by atoms with van der Waals surface area (Å²) in [5.41, 5.74) is 1.40. The van der Waals surface area contributed by atoms with Gasteiger partial charge in [0.2, 0.25) is 0 Å². The molecule has 1 fully saturated rings. The Kier molecular flexibility index (Phi) is 22.2. The number of carbonyl (C=O) groups is 2. The predicted molar refractivity (Wildman–Crippen MR) is 119 cm³/mol. The lowest BCUT2D eigenvalue weighted by molar-refractivity contribution is -0.107. The van der Waals surface area contributed by atoms with Crippen molar-refractivity contribution in [1.29, 1.82) is 0 Å². The van der Waals surface area contributed by atoms with Crippen molar-refractivity contribution in [2.45, 2.75) is 104 Å². The van der Waals surface area contributed by atoms with E-state index in [9.17, 15) is 4.79 Å². The van der Waals surface area contributed by atoms with Crippen LogP contribution in [0.15, 0.2) is 24.3 Å². The number of hydrogen-bond acceptors (Lipinski definition) is 2. The minimum Gasteiger partial charge on any atom is -0.450 e. The summed E-state index contributed by atoms with van der Waals surface area (Å²) in [4.78, 5) is 18.9. The second-order valence-electron chi connectivity index (χ2n) is 7.28. The van der Waals surface area contributed by atoms with Crippen LogP contribution < -0.4 is 0 Å². The maximum atomic E-state index is 10.3. The number of rotatable bonds is 13. The number of carbonyl (C=O) groups excluding carboxylic acids is 1. The lowest BCUT2D eigenvalue weighted by Crippen LogP contribution is -2.06. The Morgan fingerprint density at radius 3 is 2.29 bits per heavy atom. The van der Waals surface area contributed by atoms with Crippen LogP contribution in [0, 0.1) is 11.8 Å². The molecule has 1 rings (SSSR count). The van der Waals surface area contributed by atoms with Crippen LogP contribution in [0.4, 0.5) is 4.79 Å². The van der Waals surface area contributed by atoms with Crippen molar-refractivity contribution in [1.82, 2.24) is 0 Å². The zero-order valence-corrected chi connectivity index (χ0v) is 18.5. The maximum absolute atomic E-state index is 10.3. The molecule has 0 aromatic heterocycles. The summed E-state index contributed by atoms with van der Waals surface area (Å²) >= 11 is 0. The molecule has 2 atom stereocenters. The average molecular weight is 397 g/mol. The highest BCUT2D eigenvalue weighted by molar-refractivity contribution is 5.53. The Bertz CT molecular complexity index is 411. The number of hydrogen-bond donors (Lipinski definition) is 2. The molecule has 0 spiro atoms.